The van der Waals surface area contributed by atoms with Crippen LogP contribution in [0.25, 0.3) is 43.9 Å². The average molecular weight is 1030 g/mol. The molecule has 0 aliphatic carbocycles. The first-order chi connectivity index (χ1) is 38.2. The maximum absolute atomic E-state index is 6.87. The minimum absolute atomic E-state index is 0.878. The molecular formula is C72H52O2Si3. The molecule has 0 aliphatic heterocycles. The van der Waals surface area contributed by atoms with Crippen LogP contribution in [0, 0.1) is 0 Å². The molecule has 77 heavy (non-hydrogen) atoms. The number of fused-ring (bicyclic) bond motifs is 6. The van der Waals surface area contributed by atoms with Crippen molar-refractivity contribution < 1.29 is 8.83 Å². The van der Waals surface area contributed by atoms with Gasteiger partial charge in [0.05, 0.1) is 0 Å². The number of rotatable bonds is 12. The van der Waals surface area contributed by atoms with E-state index in [1.54, 1.807) is 0 Å². The van der Waals surface area contributed by atoms with Crippen molar-refractivity contribution in [3.63, 3.8) is 0 Å². The molecule has 14 rings (SSSR count). The monoisotopic (exact) mass is 1030 g/mol. The Morgan fingerprint density at radius 2 is 0.312 bits per heavy atom. The van der Waals surface area contributed by atoms with Gasteiger partial charge in [-0.05, 0) is 86.5 Å². The van der Waals surface area contributed by atoms with Crippen LogP contribution in [0.4, 0.5) is 0 Å². The summed E-state index contributed by atoms with van der Waals surface area (Å²) in [6, 6.07) is 118. The lowest BCUT2D eigenvalue weighted by atomic mass is 10.1. The predicted molar refractivity (Wildman–Crippen MR) is 332 cm³/mol. The highest BCUT2D eigenvalue weighted by Crippen LogP contribution is 2.31. The van der Waals surface area contributed by atoms with E-state index in [9.17, 15) is 0 Å². The number of hydrogen-bond donors (Lipinski definition) is 0. The molecule has 0 atom stereocenters. The van der Waals surface area contributed by atoms with Crippen molar-refractivity contribution in [3.8, 4) is 0 Å². The number of benzene rings is 12. The van der Waals surface area contributed by atoms with Crippen molar-refractivity contribution >= 4 is 130 Å². The molecule has 0 N–H and O–H groups in total. The molecule has 0 saturated carbocycles. The third kappa shape index (κ3) is 7.42. The number of hydrogen-bond acceptors (Lipinski definition) is 2. The minimum Gasteiger partial charge on any atom is -0.456 e. The van der Waals surface area contributed by atoms with E-state index in [1.165, 1.54) is 62.2 Å². The van der Waals surface area contributed by atoms with Gasteiger partial charge >= 0.3 is 0 Å². The third-order valence-electron chi connectivity index (χ3n) is 16.3. The van der Waals surface area contributed by atoms with Gasteiger partial charge in [-0.3, -0.25) is 0 Å². The van der Waals surface area contributed by atoms with Gasteiger partial charge in [0.25, 0.3) is 0 Å². The van der Waals surface area contributed by atoms with Gasteiger partial charge in [0, 0.05) is 21.5 Å². The topological polar surface area (TPSA) is 26.3 Å². The zero-order valence-electron chi connectivity index (χ0n) is 42.3. The summed E-state index contributed by atoms with van der Waals surface area (Å²) in [5.41, 5.74) is 3.52. The van der Waals surface area contributed by atoms with Crippen LogP contribution in [-0.2, 0) is 0 Å². The first kappa shape index (κ1) is 46.4. The Labute approximate surface area is 451 Å². The second-order valence-corrected chi connectivity index (χ2v) is 31.7. The number of furan rings is 2. The lowest BCUT2D eigenvalue weighted by Gasteiger charge is -2.35. The van der Waals surface area contributed by atoms with E-state index in [4.69, 9.17) is 8.83 Å². The molecule has 364 valence electrons. The fourth-order valence-corrected chi connectivity index (χ4v) is 27.3. The second kappa shape index (κ2) is 19.2. The van der Waals surface area contributed by atoms with E-state index >= 15 is 0 Å². The molecule has 5 heteroatoms. The maximum atomic E-state index is 6.87. The molecule has 2 nitrogen and oxygen atoms in total. The van der Waals surface area contributed by atoms with E-state index in [2.05, 4.69) is 315 Å². The van der Waals surface area contributed by atoms with Crippen molar-refractivity contribution in [1.29, 1.82) is 0 Å². The molecule has 0 unspecified atom stereocenters. The van der Waals surface area contributed by atoms with Crippen molar-refractivity contribution in [3.05, 3.63) is 315 Å². The van der Waals surface area contributed by atoms with Crippen LogP contribution < -0.4 is 62.2 Å². The van der Waals surface area contributed by atoms with Gasteiger partial charge in [-0.15, -0.1) is 0 Å². The van der Waals surface area contributed by atoms with Crippen molar-refractivity contribution in [2.24, 2.45) is 0 Å². The molecule has 0 radical (unpaired) electrons. The van der Waals surface area contributed by atoms with Gasteiger partial charge in [-0.1, -0.05) is 291 Å². The van der Waals surface area contributed by atoms with Gasteiger partial charge in [0.2, 0.25) is 0 Å². The van der Waals surface area contributed by atoms with Gasteiger partial charge in [0.1, 0.15) is 22.3 Å². The first-order valence-electron chi connectivity index (χ1n) is 26.6. The summed E-state index contributed by atoms with van der Waals surface area (Å²) in [4.78, 5) is 0. The zero-order chi connectivity index (χ0) is 51.2. The summed E-state index contributed by atoms with van der Waals surface area (Å²) in [6.07, 6.45) is 0. The highest BCUT2D eigenvalue weighted by atomic mass is 28.3. The van der Waals surface area contributed by atoms with Crippen molar-refractivity contribution in [2.45, 2.75) is 0 Å². The summed E-state index contributed by atoms with van der Waals surface area (Å²) < 4.78 is 13.7. The van der Waals surface area contributed by atoms with Crippen LogP contribution >= 0.6 is 0 Å². The quantitative estimate of drug-likeness (QED) is 0.0901. The van der Waals surface area contributed by atoms with E-state index in [0.29, 0.717) is 0 Å². The molecular weight excluding hydrogens is 981 g/mol. The fraction of sp³-hybridized carbons (Fsp3) is 0. The largest absolute Gasteiger partial charge is 0.456 e. The summed E-state index contributed by atoms with van der Waals surface area (Å²) >= 11 is 0. The highest BCUT2D eigenvalue weighted by molar-refractivity contribution is 7.21. The van der Waals surface area contributed by atoms with Crippen LogP contribution in [-0.4, -0.2) is 24.2 Å². The van der Waals surface area contributed by atoms with E-state index in [-0.39, 0.29) is 0 Å². The summed E-state index contributed by atoms with van der Waals surface area (Å²) in [5, 5.41) is 20.3. The van der Waals surface area contributed by atoms with Gasteiger partial charge in [-0.2, -0.15) is 0 Å². The fourth-order valence-electron chi connectivity index (χ4n) is 13.0. The predicted octanol–water partition coefficient (Wildman–Crippen LogP) is 9.62. The standard InChI is InChI=1S/C72H52O2Si3/c1-9-25-53(26-10-1)75(54-27-11-2-12-28-54,55-29-13-3-14-30-55)61-41-45-69-65(49-61)67-51-63(43-47-71(67)73-69)77(59-37-21-7-22-38-59,60-39-23-8-24-40-60)64-44-48-72-68(52-64)66-50-62(42-46-70(66)74-72)76(56-31-15-4-16-32-56,57-33-17-5-18-34-57)58-35-19-6-20-36-58/h1-52H. The van der Waals surface area contributed by atoms with Gasteiger partial charge < -0.3 is 8.83 Å². The van der Waals surface area contributed by atoms with E-state index < -0.39 is 24.2 Å². The Bertz CT molecular complexity index is 3880. The molecule has 0 bridgehead atoms. The normalized spacial score (nSPS) is 12.2. The third-order valence-corrected chi connectivity index (χ3v) is 30.6. The van der Waals surface area contributed by atoms with Crippen LogP contribution in [0.1, 0.15) is 0 Å². The molecule has 0 aliphatic rings. The van der Waals surface area contributed by atoms with Crippen molar-refractivity contribution in [2.75, 3.05) is 0 Å². The summed E-state index contributed by atoms with van der Waals surface area (Å²) in [5.74, 6) is 0. The van der Waals surface area contributed by atoms with Crippen LogP contribution in [0.5, 0.6) is 0 Å². The Kier molecular flexibility index (Phi) is 11.6. The molecule has 2 aromatic heterocycles. The van der Waals surface area contributed by atoms with E-state index in [0.717, 1.165) is 43.9 Å². The van der Waals surface area contributed by atoms with Gasteiger partial charge in [0.15, 0.2) is 24.2 Å². The lowest BCUT2D eigenvalue weighted by Crippen LogP contribution is -2.74. The van der Waals surface area contributed by atoms with Crippen LogP contribution in [0.15, 0.2) is 324 Å². The summed E-state index contributed by atoms with van der Waals surface area (Å²) in [7, 11) is -8.82. The second-order valence-electron chi connectivity index (χ2n) is 20.2. The van der Waals surface area contributed by atoms with Gasteiger partial charge in [-0.25, -0.2) is 0 Å². The SMILES string of the molecule is c1ccc([Si](c2ccccc2)(c2ccccc2)c2ccc3oc4ccc([Si](c5ccccc5)(c5ccccc5)c5ccc6oc7ccc([Si](c8ccccc8)(c8ccccc8)c8ccccc8)cc7c6c5)cc4c3c2)cc1. The summed E-state index contributed by atoms with van der Waals surface area (Å²) in [6.45, 7) is 0. The molecule has 0 saturated heterocycles. The lowest BCUT2D eigenvalue weighted by molar-refractivity contribution is 0.668. The molecule has 14 aromatic rings. The Morgan fingerprint density at radius 1 is 0.156 bits per heavy atom. The smallest absolute Gasteiger partial charge is 0.179 e. The molecule has 12 aromatic carbocycles. The molecule has 0 amide bonds. The highest BCUT2D eigenvalue weighted by Gasteiger charge is 2.45. The van der Waals surface area contributed by atoms with Crippen LogP contribution in [0.2, 0.25) is 0 Å². The average Bonchev–Trinajstić information content (AvgIpc) is 4.23. The zero-order valence-corrected chi connectivity index (χ0v) is 45.3. The molecule has 2 heterocycles. The van der Waals surface area contributed by atoms with Crippen molar-refractivity contribution in [1.82, 2.24) is 0 Å². The maximum Gasteiger partial charge on any atom is 0.179 e. The minimum atomic E-state index is -3.14. The first-order valence-corrected chi connectivity index (χ1v) is 32.6. The van der Waals surface area contributed by atoms with Crippen LogP contribution in [0.3, 0.4) is 0 Å². The Morgan fingerprint density at radius 3 is 0.481 bits per heavy atom. The Hall–Kier alpha value is -9.11. The Balaban J connectivity index is 1.02. The molecule has 0 fully saturated rings. The molecule has 0 spiro atoms. The van der Waals surface area contributed by atoms with E-state index in [1.807, 2.05) is 0 Å².